The second kappa shape index (κ2) is 5.97. The van der Waals surface area contributed by atoms with Crippen molar-refractivity contribution in [2.24, 2.45) is 5.84 Å². The molecule has 1 aromatic heterocycles. The summed E-state index contributed by atoms with van der Waals surface area (Å²) < 4.78 is 11.6. The number of fused-ring (bicyclic) bond motifs is 1. The van der Waals surface area contributed by atoms with E-state index >= 15 is 0 Å². The Morgan fingerprint density at radius 1 is 1.38 bits per heavy atom. The summed E-state index contributed by atoms with van der Waals surface area (Å²) in [5.74, 6) is 7.54. The van der Waals surface area contributed by atoms with Gasteiger partial charge in [0.15, 0.2) is 5.82 Å². The number of hydrogen-bond donors (Lipinski definition) is 2. The van der Waals surface area contributed by atoms with Gasteiger partial charge in [-0.1, -0.05) is 15.9 Å². The SMILES string of the molecule is COc1ccc(Br)c(-c2nc3c(c(NN)n2)COCC3)c1. The maximum Gasteiger partial charge on any atom is 0.163 e. The van der Waals surface area contributed by atoms with Crippen LogP contribution in [-0.4, -0.2) is 23.7 Å². The van der Waals surface area contributed by atoms with E-state index in [1.54, 1.807) is 7.11 Å². The van der Waals surface area contributed by atoms with E-state index < -0.39 is 0 Å². The number of nitrogens with one attached hydrogen (secondary N) is 1. The van der Waals surface area contributed by atoms with E-state index in [1.807, 2.05) is 18.2 Å². The van der Waals surface area contributed by atoms with Crippen LogP contribution in [0.3, 0.4) is 0 Å². The highest BCUT2D eigenvalue weighted by atomic mass is 79.9. The van der Waals surface area contributed by atoms with Gasteiger partial charge in [0.05, 0.1) is 26.0 Å². The van der Waals surface area contributed by atoms with Crippen molar-refractivity contribution in [3.8, 4) is 17.1 Å². The Morgan fingerprint density at radius 3 is 3.00 bits per heavy atom. The lowest BCUT2D eigenvalue weighted by molar-refractivity contribution is 0.109. The van der Waals surface area contributed by atoms with Crippen LogP contribution in [0.25, 0.3) is 11.4 Å². The minimum atomic E-state index is 0.481. The van der Waals surface area contributed by atoms with Crippen molar-refractivity contribution in [2.45, 2.75) is 13.0 Å². The van der Waals surface area contributed by atoms with E-state index in [2.05, 4.69) is 31.3 Å². The Hall–Kier alpha value is -1.70. The third-order valence-corrected chi connectivity index (χ3v) is 4.07. The number of anilines is 1. The number of nitrogens with two attached hydrogens (primary N) is 1. The first-order valence-electron chi connectivity index (χ1n) is 6.51. The monoisotopic (exact) mass is 350 g/mol. The molecule has 0 aliphatic carbocycles. The molecule has 3 rings (SSSR count). The fourth-order valence-electron chi connectivity index (χ4n) is 2.27. The molecule has 2 heterocycles. The van der Waals surface area contributed by atoms with Crippen LogP contribution in [0.15, 0.2) is 22.7 Å². The number of methoxy groups -OCH3 is 1. The molecule has 110 valence electrons. The van der Waals surface area contributed by atoms with Crippen LogP contribution in [0.1, 0.15) is 11.3 Å². The predicted octanol–water partition coefficient (Wildman–Crippen LogP) is 2.27. The fourth-order valence-corrected chi connectivity index (χ4v) is 2.70. The van der Waals surface area contributed by atoms with Gasteiger partial charge in [0.2, 0.25) is 0 Å². The number of benzene rings is 1. The lowest BCUT2D eigenvalue weighted by Crippen LogP contribution is -2.19. The lowest BCUT2D eigenvalue weighted by Gasteiger charge is -2.19. The normalized spacial score (nSPS) is 13.7. The highest BCUT2D eigenvalue weighted by Crippen LogP contribution is 2.32. The maximum atomic E-state index is 5.58. The molecule has 0 spiro atoms. The summed E-state index contributed by atoms with van der Waals surface area (Å²) in [5, 5.41) is 0. The summed E-state index contributed by atoms with van der Waals surface area (Å²) in [6, 6.07) is 5.68. The molecule has 1 aliphatic rings. The third kappa shape index (κ3) is 2.72. The van der Waals surface area contributed by atoms with Crippen molar-refractivity contribution in [2.75, 3.05) is 19.1 Å². The number of nitrogens with zero attached hydrogens (tertiary/aromatic N) is 2. The van der Waals surface area contributed by atoms with Crippen LogP contribution < -0.4 is 16.0 Å². The van der Waals surface area contributed by atoms with Gasteiger partial charge < -0.3 is 14.9 Å². The summed E-state index contributed by atoms with van der Waals surface area (Å²) in [6.07, 6.45) is 0.751. The van der Waals surface area contributed by atoms with E-state index in [9.17, 15) is 0 Å². The number of nitrogen functional groups attached to an aromatic ring is 1. The van der Waals surface area contributed by atoms with Gasteiger partial charge in [0, 0.05) is 22.0 Å². The Balaban J connectivity index is 2.14. The van der Waals surface area contributed by atoms with Gasteiger partial charge in [0.25, 0.3) is 0 Å². The van der Waals surface area contributed by atoms with Gasteiger partial charge >= 0.3 is 0 Å². The number of hydrazine groups is 1. The molecule has 2 aromatic rings. The van der Waals surface area contributed by atoms with Crippen molar-refractivity contribution in [3.63, 3.8) is 0 Å². The molecule has 0 saturated heterocycles. The zero-order valence-corrected chi connectivity index (χ0v) is 13.1. The van der Waals surface area contributed by atoms with E-state index in [-0.39, 0.29) is 0 Å². The molecule has 6 nitrogen and oxygen atoms in total. The first-order valence-corrected chi connectivity index (χ1v) is 7.30. The quantitative estimate of drug-likeness (QED) is 0.652. The predicted molar refractivity (Wildman–Crippen MR) is 82.9 cm³/mol. The highest BCUT2D eigenvalue weighted by Gasteiger charge is 2.19. The maximum absolute atomic E-state index is 5.58. The standard InChI is InChI=1S/C14H15BrN4O2/c1-20-8-2-3-11(15)9(6-8)13-17-12-4-5-21-7-10(12)14(18-13)19-16/h2-3,6H,4-5,7,16H2,1H3,(H,17,18,19). The van der Waals surface area contributed by atoms with E-state index in [4.69, 9.17) is 15.3 Å². The van der Waals surface area contributed by atoms with Crippen molar-refractivity contribution in [3.05, 3.63) is 33.9 Å². The largest absolute Gasteiger partial charge is 0.497 e. The molecule has 1 aromatic carbocycles. The molecule has 7 heteroatoms. The zero-order chi connectivity index (χ0) is 14.8. The van der Waals surface area contributed by atoms with E-state index in [0.717, 1.165) is 33.5 Å². The minimum Gasteiger partial charge on any atom is -0.497 e. The highest BCUT2D eigenvalue weighted by molar-refractivity contribution is 9.10. The Bertz CT molecular complexity index is 661. The number of hydrogen-bond acceptors (Lipinski definition) is 6. The van der Waals surface area contributed by atoms with Crippen LogP contribution in [0.4, 0.5) is 5.82 Å². The van der Waals surface area contributed by atoms with Gasteiger partial charge in [-0.25, -0.2) is 15.8 Å². The van der Waals surface area contributed by atoms with Crippen molar-refractivity contribution in [1.82, 2.24) is 9.97 Å². The smallest absolute Gasteiger partial charge is 0.163 e. The molecular weight excluding hydrogens is 336 g/mol. The Morgan fingerprint density at radius 2 is 2.24 bits per heavy atom. The molecular formula is C14H15BrN4O2. The number of ether oxygens (including phenoxy) is 2. The van der Waals surface area contributed by atoms with Gasteiger partial charge in [0.1, 0.15) is 11.6 Å². The number of halogens is 1. The van der Waals surface area contributed by atoms with Crippen LogP contribution in [0.5, 0.6) is 5.75 Å². The summed E-state index contributed by atoms with van der Waals surface area (Å²) in [7, 11) is 1.63. The zero-order valence-electron chi connectivity index (χ0n) is 11.5. The molecule has 0 radical (unpaired) electrons. The summed E-state index contributed by atoms with van der Waals surface area (Å²) in [5.41, 5.74) is 5.39. The second-order valence-electron chi connectivity index (χ2n) is 4.61. The minimum absolute atomic E-state index is 0.481. The number of rotatable bonds is 3. The molecule has 3 N–H and O–H groups in total. The van der Waals surface area contributed by atoms with Crippen LogP contribution in [0, 0.1) is 0 Å². The first kappa shape index (κ1) is 14.2. The topological polar surface area (TPSA) is 82.3 Å². The van der Waals surface area contributed by atoms with Crippen molar-refractivity contribution < 1.29 is 9.47 Å². The van der Waals surface area contributed by atoms with Gasteiger partial charge in [-0.15, -0.1) is 0 Å². The molecule has 0 bridgehead atoms. The van der Waals surface area contributed by atoms with Crippen LogP contribution >= 0.6 is 15.9 Å². The molecule has 21 heavy (non-hydrogen) atoms. The van der Waals surface area contributed by atoms with Crippen LogP contribution in [-0.2, 0) is 17.8 Å². The summed E-state index contributed by atoms with van der Waals surface area (Å²) in [4.78, 5) is 9.15. The third-order valence-electron chi connectivity index (χ3n) is 3.37. The Labute approximate surface area is 130 Å². The molecule has 0 saturated carbocycles. The van der Waals surface area contributed by atoms with Gasteiger partial charge in [-0.3, -0.25) is 0 Å². The molecule has 0 amide bonds. The van der Waals surface area contributed by atoms with Gasteiger partial charge in [-0.05, 0) is 18.2 Å². The summed E-state index contributed by atoms with van der Waals surface area (Å²) >= 11 is 3.53. The van der Waals surface area contributed by atoms with E-state index in [1.165, 1.54) is 0 Å². The fraction of sp³-hybridized carbons (Fsp3) is 0.286. The molecule has 0 fully saturated rings. The molecule has 0 atom stereocenters. The van der Waals surface area contributed by atoms with Crippen molar-refractivity contribution >= 4 is 21.7 Å². The van der Waals surface area contributed by atoms with Gasteiger partial charge in [-0.2, -0.15) is 0 Å². The van der Waals surface area contributed by atoms with E-state index in [0.29, 0.717) is 24.9 Å². The Kier molecular flexibility index (Phi) is 4.05. The second-order valence-corrected chi connectivity index (χ2v) is 5.47. The molecule has 0 unspecified atom stereocenters. The number of aromatic nitrogens is 2. The molecule has 1 aliphatic heterocycles. The lowest BCUT2D eigenvalue weighted by atomic mass is 10.1. The van der Waals surface area contributed by atoms with Crippen LogP contribution in [0.2, 0.25) is 0 Å². The van der Waals surface area contributed by atoms with Crippen molar-refractivity contribution in [1.29, 1.82) is 0 Å². The summed E-state index contributed by atoms with van der Waals surface area (Å²) in [6.45, 7) is 1.14. The average Bonchev–Trinajstić information content (AvgIpc) is 2.54. The average molecular weight is 351 g/mol. The first-order chi connectivity index (χ1) is 10.2.